The summed E-state index contributed by atoms with van der Waals surface area (Å²) in [6.45, 7) is 12.2. The summed E-state index contributed by atoms with van der Waals surface area (Å²) in [6, 6.07) is 0.00630. The first-order chi connectivity index (χ1) is 10.2. The van der Waals surface area contributed by atoms with Gasteiger partial charge in [-0.2, -0.15) is 0 Å². The van der Waals surface area contributed by atoms with Crippen LogP contribution >= 0.6 is 0 Å². The summed E-state index contributed by atoms with van der Waals surface area (Å²) >= 11 is 0. The van der Waals surface area contributed by atoms with Gasteiger partial charge in [0.2, 0.25) is 6.29 Å². The van der Waals surface area contributed by atoms with E-state index >= 15 is 0 Å². The summed E-state index contributed by atoms with van der Waals surface area (Å²) in [6.07, 6.45) is 1.58. The molecule has 0 bridgehead atoms. The van der Waals surface area contributed by atoms with Crippen molar-refractivity contribution < 1.29 is 19.4 Å². The van der Waals surface area contributed by atoms with Crippen molar-refractivity contribution in [3.63, 3.8) is 0 Å². The van der Waals surface area contributed by atoms with Crippen LogP contribution in [0.15, 0.2) is 12.3 Å². The molecule has 1 heterocycles. The Morgan fingerprint density at radius 3 is 2.73 bits per heavy atom. The Morgan fingerprint density at radius 2 is 2.14 bits per heavy atom. The monoisotopic (exact) mass is 312 g/mol. The fourth-order valence-electron chi connectivity index (χ4n) is 4.08. The van der Waals surface area contributed by atoms with Gasteiger partial charge in [0.1, 0.15) is 12.4 Å². The van der Waals surface area contributed by atoms with Gasteiger partial charge in [-0.05, 0) is 30.1 Å². The topological polar surface area (TPSA) is 79.8 Å². The van der Waals surface area contributed by atoms with Crippen LogP contribution in [0.25, 0.3) is 0 Å². The fourth-order valence-corrected chi connectivity index (χ4v) is 4.08. The minimum absolute atomic E-state index is 0.00630. The molecule has 0 aromatic carbocycles. The van der Waals surface area contributed by atoms with Crippen molar-refractivity contribution in [3.05, 3.63) is 12.3 Å². The van der Waals surface area contributed by atoms with Gasteiger partial charge in [-0.1, -0.05) is 27.4 Å². The summed E-state index contributed by atoms with van der Waals surface area (Å²) in [7, 11) is 0. The Hall–Kier alpha value is -1.27. The van der Waals surface area contributed by atoms with Crippen molar-refractivity contribution in [2.75, 3.05) is 19.7 Å². The molecule has 0 spiro atoms. The molecule has 2 rings (SSSR count). The van der Waals surface area contributed by atoms with Gasteiger partial charge in [-0.25, -0.2) is 4.79 Å². The molecule has 1 aliphatic heterocycles. The van der Waals surface area contributed by atoms with Crippen LogP contribution in [0, 0.1) is 10.8 Å². The molecule has 3 unspecified atom stereocenters. The molecule has 0 aromatic heterocycles. The van der Waals surface area contributed by atoms with Crippen LogP contribution in [-0.4, -0.2) is 43.2 Å². The van der Waals surface area contributed by atoms with Crippen LogP contribution in [0.4, 0.5) is 4.79 Å². The lowest BCUT2D eigenvalue weighted by atomic mass is 9.62. The second-order valence-corrected chi connectivity index (χ2v) is 7.73. The molecule has 1 amide bonds. The van der Waals surface area contributed by atoms with E-state index in [0.717, 1.165) is 25.8 Å². The van der Waals surface area contributed by atoms with Crippen molar-refractivity contribution in [1.82, 2.24) is 10.6 Å². The Bertz CT molecular complexity index is 438. The maximum atomic E-state index is 10.9. The molecule has 3 atom stereocenters. The van der Waals surface area contributed by atoms with E-state index in [1.807, 2.05) is 0 Å². The predicted octanol–water partition coefficient (Wildman–Crippen LogP) is 2.32. The first-order valence-electron chi connectivity index (χ1n) is 7.84. The smallest absolute Gasteiger partial charge is 0.404 e. The maximum Gasteiger partial charge on any atom is 0.404 e. The van der Waals surface area contributed by atoms with E-state index in [1.54, 1.807) is 0 Å². The molecule has 6 heteroatoms. The van der Waals surface area contributed by atoms with E-state index < -0.39 is 6.09 Å². The molecule has 0 aromatic rings. The lowest BCUT2D eigenvalue weighted by molar-refractivity contribution is -0.0322. The Kier molecular flexibility index (Phi) is 5.02. The van der Waals surface area contributed by atoms with Crippen LogP contribution in [-0.2, 0) is 9.47 Å². The Labute approximate surface area is 132 Å². The molecule has 6 nitrogen and oxygen atoms in total. The highest BCUT2D eigenvalue weighted by Crippen LogP contribution is 2.45. The van der Waals surface area contributed by atoms with Gasteiger partial charge in [-0.3, -0.25) is 0 Å². The molecule has 126 valence electrons. The molecule has 1 saturated heterocycles. The summed E-state index contributed by atoms with van der Waals surface area (Å²) in [5.74, 6) is 0.669. The SMILES string of the molecule is C=C1COC(CNCC2(C)CC(NC(=O)O)CC(C)(C)C2)O1. The number of ether oxygens (including phenoxy) is 2. The number of hydrogen-bond acceptors (Lipinski definition) is 4. The van der Waals surface area contributed by atoms with E-state index in [-0.39, 0.29) is 23.2 Å². The lowest BCUT2D eigenvalue weighted by Crippen LogP contribution is -2.50. The molecule has 0 radical (unpaired) electrons. The third-order valence-corrected chi connectivity index (χ3v) is 4.36. The van der Waals surface area contributed by atoms with Crippen molar-refractivity contribution >= 4 is 6.09 Å². The van der Waals surface area contributed by atoms with Gasteiger partial charge >= 0.3 is 6.09 Å². The van der Waals surface area contributed by atoms with E-state index in [9.17, 15) is 4.79 Å². The third-order valence-electron chi connectivity index (χ3n) is 4.36. The molecule has 2 fully saturated rings. The molecule has 22 heavy (non-hydrogen) atoms. The van der Waals surface area contributed by atoms with Crippen molar-refractivity contribution in [3.8, 4) is 0 Å². The quantitative estimate of drug-likeness (QED) is 0.726. The minimum Gasteiger partial charge on any atom is -0.466 e. The molecule has 3 N–H and O–H groups in total. The van der Waals surface area contributed by atoms with E-state index in [1.165, 1.54) is 0 Å². The van der Waals surface area contributed by atoms with Gasteiger partial charge in [0.15, 0.2) is 0 Å². The van der Waals surface area contributed by atoms with Crippen molar-refractivity contribution in [1.29, 1.82) is 0 Å². The first-order valence-corrected chi connectivity index (χ1v) is 7.84. The van der Waals surface area contributed by atoms with Crippen molar-refractivity contribution in [2.24, 2.45) is 10.8 Å². The lowest BCUT2D eigenvalue weighted by Gasteiger charge is -2.46. The Balaban J connectivity index is 1.86. The Morgan fingerprint density at radius 1 is 1.41 bits per heavy atom. The molecule has 1 aliphatic carbocycles. The molecule has 2 aliphatic rings. The zero-order chi connectivity index (χ0) is 16.4. The zero-order valence-electron chi connectivity index (χ0n) is 13.8. The molecular formula is C16H28N2O4. The molecule has 1 saturated carbocycles. The highest BCUT2D eigenvalue weighted by molar-refractivity contribution is 5.64. The maximum absolute atomic E-state index is 10.9. The number of carboxylic acid groups (broad SMARTS) is 1. The first kappa shape index (κ1) is 17.1. The summed E-state index contributed by atoms with van der Waals surface area (Å²) in [4.78, 5) is 10.9. The summed E-state index contributed by atoms with van der Waals surface area (Å²) < 4.78 is 10.9. The van der Waals surface area contributed by atoms with E-state index in [0.29, 0.717) is 18.9 Å². The van der Waals surface area contributed by atoms with Gasteiger partial charge in [-0.15, -0.1) is 0 Å². The predicted molar refractivity (Wildman–Crippen MR) is 83.5 cm³/mol. The number of amides is 1. The van der Waals surface area contributed by atoms with E-state index in [4.69, 9.17) is 14.6 Å². The average Bonchev–Trinajstić information content (AvgIpc) is 2.70. The van der Waals surface area contributed by atoms with E-state index in [2.05, 4.69) is 38.0 Å². The number of hydrogen-bond donors (Lipinski definition) is 3. The highest BCUT2D eigenvalue weighted by Gasteiger charge is 2.41. The van der Waals surface area contributed by atoms with Crippen LogP contribution < -0.4 is 10.6 Å². The van der Waals surface area contributed by atoms with Crippen LogP contribution in [0.5, 0.6) is 0 Å². The van der Waals surface area contributed by atoms with Gasteiger partial charge in [0.25, 0.3) is 0 Å². The standard InChI is InChI=1S/C16H28N2O4/c1-11-8-21-13(22-11)7-17-10-16(4)6-12(18-14(19)20)5-15(2,3)9-16/h12-13,17-18H,1,5-10H2,2-4H3,(H,19,20). The van der Waals surface area contributed by atoms with Gasteiger partial charge in [0, 0.05) is 12.6 Å². The summed E-state index contributed by atoms with van der Waals surface area (Å²) in [5.41, 5.74) is 0.168. The number of nitrogens with one attached hydrogen (secondary N) is 2. The van der Waals surface area contributed by atoms with Crippen LogP contribution in [0.3, 0.4) is 0 Å². The average molecular weight is 312 g/mol. The number of carbonyl (C=O) groups is 1. The summed E-state index contributed by atoms with van der Waals surface area (Å²) in [5, 5.41) is 15.0. The highest BCUT2D eigenvalue weighted by atomic mass is 16.7. The van der Waals surface area contributed by atoms with Gasteiger partial charge < -0.3 is 25.2 Å². The van der Waals surface area contributed by atoms with Crippen LogP contribution in [0.1, 0.15) is 40.0 Å². The van der Waals surface area contributed by atoms with Crippen molar-refractivity contribution in [2.45, 2.75) is 52.4 Å². The fraction of sp³-hybridized carbons (Fsp3) is 0.812. The van der Waals surface area contributed by atoms with Gasteiger partial charge in [0.05, 0.1) is 6.54 Å². The molecular weight excluding hydrogens is 284 g/mol. The largest absolute Gasteiger partial charge is 0.466 e. The normalized spacial score (nSPS) is 34.2. The third kappa shape index (κ3) is 4.88. The zero-order valence-corrected chi connectivity index (χ0v) is 13.8. The second kappa shape index (κ2) is 6.46. The minimum atomic E-state index is -0.940. The van der Waals surface area contributed by atoms with Crippen LogP contribution in [0.2, 0.25) is 0 Å². The number of rotatable bonds is 5. The second-order valence-electron chi connectivity index (χ2n) is 7.73.